The molecule has 7 N–H and O–H groups in total. The Morgan fingerprint density at radius 2 is 0.860 bits per heavy atom. The normalized spacial score (nSPS) is 19.0. The largest absolute Gasteiger partial charge is 0.326 e. The van der Waals surface area contributed by atoms with Crippen LogP contribution < -0.4 is 37.2 Å². The number of alkyl halides is 4. The van der Waals surface area contributed by atoms with Gasteiger partial charge < -0.3 is 51.9 Å². The van der Waals surface area contributed by atoms with Crippen molar-refractivity contribution in [1.29, 1.82) is 5.26 Å². The molecule has 0 radical (unpaired) electrons. The number of nitriles is 1. The van der Waals surface area contributed by atoms with Gasteiger partial charge in [0.2, 0.25) is 29.5 Å². The van der Waals surface area contributed by atoms with Gasteiger partial charge in [0.1, 0.15) is 0 Å². The topological polar surface area (TPSA) is 206 Å². The van der Waals surface area contributed by atoms with Crippen molar-refractivity contribution in [3.63, 3.8) is 0 Å². The van der Waals surface area contributed by atoms with Gasteiger partial charge in [-0.15, -0.1) is 58.8 Å². The fourth-order valence-electron chi connectivity index (χ4n) is 13.1. The van der Waals surface area contributed by atoms with Crippen LogP contribution >= 0.6 is 118 Å². The Hall–Kier alpha value is -4.28. The van der Waals surface area contributed by atoms with Gasteiger partial charge in [-0.05, 0) is 211 Å². The van der Waals surface area contributed by atoms with Crippen LogP contribution in [-0.2, 0) is 52.1 Å². The number of anilines is 5. The molecular weight excluding hydrogens is 1510 g/mol. The first-order valence-corrected chi connectivity index (χ1v) is 35.9. The number of likely N-dealkylation sites (tertiary alicyclic amines) is 3. The number of halogens is 9. The lowest BCUT2D eigenvalue weighted by atomic mass is 9.74. The Labute approximate surface area is 603 Å². The maximum atomic E-state index is 12.3. The SMILES string of the molecule is CN1CCC2(CC1)C(=O)Nc1ccc(Br)cc12.CN1CCC2(CC1)C(=O)Nc1ccccc12.Cl.ClCCN(Cl)CCCl.ClCCNCCCl.N#CN1CCC2(CC1)C(=O)Nc1ccc(Br)cc12.O=C1Cc2ccccc2N1.O=C1Nc2ccc(Br)cc2C12CCNCC2. The van der Waals surface area contributed by atoms with Crippen molar-refractivity contribution in [2.45, 2.75) is 79.4 Å². The van der Waals surface area contributed by atoms with Crippen LogP contribution in [0.15, 0.2) is 117 Å². The van der Waals surface area contributed by atoms with E-state index in [9.17, 15) is 24.0 Å². The number of carbonyl (C=O) groups excluding carboxylic acids is 5. The van der Waals surface area contributed by atoms with E-state index in [1.165, 1.54) is 11.1 Å². The van der Waals surface area contributed by atoms with E-state index in [4.69, 9.17) is 63.4 Å². The average Bonchev–Trinajstić information content (AvgIpc) is 1.65. The van der Waals surface area contributed by atoms with E-state index < -0.39 is 5.41 Å². The Bertz CT molecular complexity index is 3390. The van der Waals surface area contributed by atoms with E-state index in [0.29, 0.717) is 69.0 Å². The highest BCUT2D eigenvalue weighted by atomic mass is 79.9. The first kappa shape index (κ1) is 76.1. The Kier molecular flexibility index (Phi) is 29.3. The van der Waals surface area contributed by atoms with Crippen LogP contribution in [0.5, 0.6) is 0 Å². The molecule has 0 atom stereocenters. The van der Waals surface area contributed by atoms with Crippen LogP contribution in [-0.4, -0.2) is 165 Å². The Balaban J connectivity index is 0.000000157. The van der Waals surface area contributed by atoms with Crippen molar-refractivity contribution >= 4 is 176 Å². The summed E-state index contributed by atoms with van der Waals surface area (Å²) in [4.78, 5) is 66.0. The molecule has 26 heteroatoms. The number of para-hydroxylation sites is 2. The molecule has 5 aromatic carbocycles. The molecule has 4 spiro atoms. The zero-order chi connectivity index (χ0) is 66.1. The number of piperidine rings is 4. The van der Waals surface area contributed by atoms with Crippen LogP contribution in [0.4, 0.5) is 28.4 Å². The molecule has 9 heterocycles. The fourth-order valence-corrected chi connectivity index (χ4v) is 15.2. The Morgan fingerprint density at radius 3 is 1.26 bits per heavy atom. The summed E-state index contributed by atoms with van der Waals surface area (Å²) >= 11 is 37.4. The van der Waals surface area contributed by atoms with Crippen molar-refractivity contribution in [3.05, 3.63) is 144 Å². The van der Waals surface area contributed by atoms with Crippen LogP contribution in [0.1, 0.15) is 79.2 Å². The standard InChI is InChI=1S/C13H12BrN3O.C13H15BrN2O.C13H16N2O.C12H13BrN2O.C8H7NO.C4H8Cl3N.C4H9Cl2N.ClH/c14-9-1-2-11-10(7-9)13(12(18)16-11)3-5-17(8-15)6-4-13;1-16-6-4-13(5-7-16)10-8-9(14)2-3-11(10)15-12(13)17;1-15-8-6-13(7-9-15)10-4-2-3-5-11(10)14-12(13)16;13-8-1-2-10-9(7-8)12(11(16)15-10)3-5-14-6-4-12;10-8-5-6-3-1-2-4-7(6)9-8;5-1-3-8(7)4-2-6;5-1-3-7-4-2-6;/h1-2,7H,3-6H2,(H,16,18);2-3,8H,4-7H2,1H3,(H,15,17);2-5H,6-9H2,1H3,(H,14,16);1-2,7,14H,3-6H2,(H,15,16);1-4H,5H2,(H,9,10);1-4H2;7H,1-4H2;1H. The van der Waals surface area contributed by atoms with Gasteiger partial charge in [0.15, 0.2) is 6.19 Å². The summed E-state index contributed by atoms with van der Waals surface area (Å²) < 4.78 is 4.64. The lowest BCUT2D eigenvalue weighted by Crippen LogP contribution is -2.45. The second-order valence-electron chi connectivity index (χ2n) is 24.0. The molecule has 93 heavy (non-hydrogen) atoms. The highest BCUT2D eigenvalue weighted by Crippen LogP contribution is 2.49. The first-order valence-electron chi connectivity index (χ1n) is 31.0. The molecule has 502 valence electrons. The molecule has 9 aliphatic heterocycles. The van der Waals surface area contributed by atoms with Gasteiger partial charge in [-0.1, -0.05) is 84.2 Å². The van der Waals surface area contributed by atoms with Gasteiger partial charge in [-0.25, -0.2) is 4.42 Å². The Morgan fingerprint density at radius 1 is 0.495 bits per heavy atom. The molecule has 0 unspecified atom stereocenters. The molecule has 4 saturated heterocycles. The molecule has 5 aromatic rings. The predicted octanol–water partition coefficient (Wildman–Crippen LogP) is 12.8. The molecule has 4 fully saturated rings. The number of nitrogens with zero attached hydrogens (tertiary/aromatic N) is 5. The second kappa shape index (κ2) is 35.8. The molecule has 14 rings (SSSR count). The zero-order valence-electron chi connectivity index (χ0n) is 52.2. The predicted molar refractivity (Wildman–Crippen MR) is 391 cm³/mol. The summed E-state index contributed by atoms with van der Waals surface area (Å²) in [5.41, 5.74) is 9.31. The van der Waals surface area contributed by atoms with Gasteiger partial charge >= 0.3 is 0 Å². The summed E-state index contributed by atoms with van der Waals surface area (Å²) in [6, 6.07) is 33.8. The molecule has 0 saturated carbocycles. The van der Waals surface area contributed by atoms with Crippen LogP contribution in [0, 0.1) is 11.5 Å². The van der Waals surface area contributed by atoms with Crippen molar-refractivity contribution in [3.8, 4) is 6.19 Å². The monoisotopic (exact) mass is 1580 g/mol. The number of hydrogen-bond acceptors (Lipinski definition) is 12. The number of nitrogens with one attached hydrogen (secondary N) is 7. The number of fused-ring (bicyclic) bond motifs is 9. The van der Waals surface area contributed by atoms with E-state index in [0.717, 1.165) is 149 Å². The van der Waals surface area contributed by atoms with E-state index >= 15 is 0 Å². The first-order chi connectivity index (χ1) is 44.3. The van der Waals surface area contributed by atoms with Gasteiger partial charge in [0, 0.05) is 105 Å². The van der Waals surface area contributed by atoms with Crippen molar-refractivity contribution < 1.29 is 24.0 Å². The summed E-state index contributed by atoms with van der Waals surface area (Å²) in [5.74, 6) is 3.16. The highest BCUT2D eigenvalue weighted by molar-refractivity contribution is 9.11. The van der Waals surface area contributed by atoms with Crippen molar-refractivity contribution in [2.24, 2.45) is 0 Å². The average molecular weight is 1590 g/mol. The molecule has 5 amide bonds. The number of rotatable bonds is 8. The summed E-state index contributed by atoms with van der Waals surface area (Å²) in [6.45, 7) is 10.2. The minimum Gasteiger partial charge on any atom is -0.326 e. The molecular formula is C67H81Br3Cl6N12O5. The van der Waals surface area contributed by atoms with Crippen molar-refractivity contribution in [2.75, 3.05) is 143 Å². The maximum Gasteiger partial charge on any atom is 0.235 e. The summed E-state index contributed by atoms with van der Waals surface area (Å²) in [6.07, 6.45) is 9.59. The number of hydrogen-bond donors (Lipinski definition) is 7. The highest BCUT2D eigenvalue weighted by Gasteiger charge is 2.51. The third kappa shape index (κ3) is 18.5. The van der Waals surface area contributed by atoms with E-state index in [-0.39, 0.29) is 58.2 Å². The maximum absolute atomic E-state index is 12.3. The lowest BCUT2D eigenvalue weighted by molar-refractivity contribution is -0.123. The van der Waals surface area contributed by atoms with Crippen LogP contribution in [0.3, 0.4) is 0 Å². The van der Waals surface area contributed by atoms with Gasteiger partial charge in [-0.2, -0.15) is 5.26 Å². The minimum absolute atomic E-state index is 0. The van der Waals surface area contributed by atoms with E-state index in [1.54, 1.807) is 9.32 Å². The molecule has 0 bridgehead atoms. The number of benzene rings is 5. The quantitative estimate of drug-likeness (QED) is 0.0335. The third-order valence-corrected chi connectivity index (χ3v) is 20.9. The van der Waals surface area contributed by atoms with E-state index in [1.807, 2.05) is 84.9 Å². The van der Waals surface area contributed by atoms with Crippen molar-refractivity contribution in [1.82, 2.24) is 29.8 Å². The fraction of sp³-hybridized carbons (Fsp3) is 0.463. The van der Waals surface area contributed by atoms with Crippen LogP contribution in [0.25, 0.3) is 0 Å². The molecule has 0 aliphatic carbocycles. The smallest absolute Gasteiger partial charge is 0.235 e. The number of amides is 5. The molecule has 17 nitrogen and oxygen atoms in total. The second-order valence-corrected chi connectivity index (χ2v) is 28.7. The zero-order valence-corrected chi connectivity index (χ0v) is 61.6. The van der Waals surface area contributed by atoms with Crippen LogP contribution in [0.2, 0.25) is 0 Å². The van der Waals surface area contributed by atoms with Gasteiger partial charge in [0.25, 0.3) is 0 Å². The summed E-state index contributed by atoms with van der Waals surface area (Å²) in [5, 5.41) is 30.0. The molecule has 9 aliphatic rings. The number of carbonyl (C=O) groups is 5. The summed E-state index contributed by atoms with van der Waals surface area (Å²) in [7, 11) is 4.23. The van der Waals surface area contributed by atoms with Gasteiger partial charge in [0.05, 0.1) is 28.1 Å². The molecule has 0 aromatic heterocycles. The third-order valence-electron chi connectivity index (χ3n) is 18.4. The lowest BCUT2D eigenvalue weighted by Gasteiger charge is -2.36. The van der Waals surface area contributed by atoms with E-state index in [2.05, 4.69) is 133 Å². The minimum atomic E-state index is -0.438. The van der Waals surface area contributed by atoms with Gasteiger partial charge in [-0.3, -0.25) is 24.0 Å².